The highest BCUT2D eigenvalue weighted by atomic mass is 16.5. The molecule has 2 aromatic carbocycles. The van der Waals surface area contributed by atoms with Crippen molar-refractivity contribution < 1.29 is 19.1 Å². The minimum atomic E-state index is -1.01. The van der Waals surface area contributed by atoms with Crippen molar-refractivity contribution in [2.24, 2.45) is 5.41 Å². The molecular formula is C19H20N2O4. The smallest absolute Gasteiger partial charge is 0.240 e. The maximum atomic E-state index is 12.6. The number of ether oxygens (including phenoxy) is 2. The molecule has 2 amide bonds. The second-order valence-electron chi connectivity index (χ2n) is 5.93. The molecule has 6 nitrogen and oxygen atoms in total. The van der Waals surface area contributed by atoms with Gasteiger partial charge in [0.2, 0.25) is 11.8 Å². The van der Waals surface area contributed by atoms with Gasteiger partial charge in [0.05, 0.1) is 14.2 Å². The van der Waals surface area contributed by atoms with Gasteiger partial charge < -0.3 is 20.1 Å². The zero-order valence-corrected chi connectivity index (χ0v) is 14.2. The molecule has 6 heteroatoms. The lowest BCUT2D eigenvalue weighted by Crippen LogP contribution is -2.35. The number of nitrogens with one attached hydrogen (secondary N) is 2. The van der Waals surface area contributed by atoms with Crippen molar-refractivity contribution in [3.05, 3.63) is 48.5 Å². The van der Waals surface area contributed by atoms with Gasteiger partial charge in [-0.3, -0.25) is 9.59 Å². The highest BCUT2D eigenvalue weighted by molar-refractivity contribution is 6.16. The van der Waals surface area contributed by atoms with Crippen LogP contribution in [0.5, 0.6) is 11.5 Å². The fraction of sp³-hybridized carbons (Fsp3) is 0.263. The first-order valence-electron chi connectivity index (χ1n) is 7.99. The van der Waals surface area contributed by atoms with Crippen LogP contribution in [-0.4, -0.2) is 26.0 Å². The molecule has 0 saturated heterocycles. The fourth-order valence-corrected chi connectivity index (χ4v) is 2.62. The van der Waals surface area contributed by atoms with Crippen LogP contribution in [0.15, 0.2) is 48.5 Å². The van der Waals surface area contributed by atoms with Gasteiger partial charge in [-0.15, -0.1) is 0 Å². The largest absolute Gasteiger partial charge is 0.493 e. The lowest BCUT2D eigenvalue weighted by molar-refractivity contribution is -0.131. The van der Waals surface area contributed by atoms with Crippen LogP contribution in [-0.2, 0) is 9.59 Å². The first-order valence-corrected chi connectivity index (χ1v) is 7.99. The van der Waals surface area contributed by atoms with E-state index in [0.29, 0.717) is 35.7 Å². The van der Waals surface area contributed by atoms with Crippen molar-refractivity contribution in [3.63, 3.8) is 0 Å². The minimum Gasteiger partial charge on any atom is -0.493 e. The lowest BCUT2D eigenvalue weighted by atomic mass is 10.0. The van der Waals surface area contributed by atoms with Gasteiger partial charge in [0.1, 0.15) is 5.41 Å². The van der Waals surface area contributed by atoms with Crippen molar-refractivity contribution in [2.45, 2.75) is 12.8 Å². The number of carbonyl (C=O) groups excluding carboxylic acids is 2. The Balaban J connectivity index is 1.71. The monoisotopic (exact) mass is 340 g/mol. The van der Waals surface area contributed by atoms with Crippen LogP contribution in [0.1, 0.15) is 12.8 Å². The molecule has 0 atom stereocenters. The number of hydrogen-bond acceptors (Lipinski definition) is 4. The molecule has 0 spiro atoms. The summed E-state index contributed by atoms with van der Waals surface area (Å²) in [6.07, 6.45) is 1.07. The minimum absolute atomic E-state index is 0.281. The van der Waals surface area contributed by atoms with E-state index in [0.717, 1.165) is 0 Å². The van der Waals surface area contributed by atoms with Crippen LogP contribution < -0.4 is 20.1 Å². The van der Waals surface area contributed by atoms with E-state index in [1.807, 2.05) is 18.2 Å². The molecule has 25 heavy (non-hydrogen) atoms. The van der Waals surface area contributed by atoms with Gasteiger partial charge in [-0.25, -0.2) is 0 Å². The molecule has 130 valence electrons. The average Bonchev–Trinajstić information content (AvgIpc) is 3.44. The normalized spacial score (nSPS) is 14.3. The van der Waals surface area contributed by atoms with Crippen LogP contribution in [0.4, 0.5) is 11.4 Å². The Morgan fingerprint density at radius 1 is 0.840 bits per heavy atom. The summed E-state index contributed by atoms with van der Waals surface area (Å²) in [4.78, 5) is 25.2. The molecule has 2 N–H and O–H groups in total. The molecule has 0 bridgehead atoms. The summed E-state index contributed by atoms with van der Waals surface area (Å²) in [5.74, 6) is 0.493. The number of carbonyl (C=O) groups is 2. The maximum absolute atomic E-state index is 12.6. The molecule has 1 saturated carbocycles. The summed E-state index contributed by atoms with van der Waals surface area (Å²) in [5, 5.41) is 5.61. The number of anilines is 2. The van der Waals surface area contributed by atoms with E-state index < -0.39 is 5.41 Å². The molecule has 1 aliphatic rings. The summed E-state index contributed by atoms with van der Waals surface area (Å²) in [7, 11) is 3.07. The summed E-state index contributed by atoms with van der Waals surface area (Å²) < 4.78 is 10.4. The predicted molar refractivity (Wildman–Crippen MR) is 94.9 cm³/mol. The Hall–Kier alpha value is -3.02. The quantitative estimate of drug-likeness (QED) is 0.793. The zero-order valence-electron chi connectivity index (χ0n) is 14.2. The van der Waals surface area contributed by atoms with Crippen LogP contribution in [0.3, 0.4) is 0 Å². The second-order valence-corrected chi connectivity index (χ2v) is 5.93. The SMILES string of the molecule is COc1ccc(NC(=O)C2(C(=O)Nc3ccccc3)CC2)cc1OC. The molecule has 3 rings (SSSR count). The lowest BCUT2D eigenvalue weighted by Gasteiger charge is -2.16. The molecule has 1 aliphatic carbocycles. The molecule has 2 aromatic rings. The van der Waals surface area contributed by atoms with E-state index in [1.165, 1.54) is 7.11 Å². The number of amides is 2. The van der Waals surface area contributed by atoms with Gasteiger partial charge >= 0.3 is 0 Å². The van der Waals surface area contributed by atoms with E-state index >= 15 is 0 Å². The Morgan fingerprint density at radius 3 is 2.00 bits per heavy atom. The van der Waals surface area contributed by atoms with Crippen molar-refractivity contribution in [1.82, 2.24) is 0 Å². The third-order valence-corrected chi connectivity index (χ3v) is 4.29. The van der Waals surface area contributed by atoms with Gasteiger partial charge in [-0.05, 0) is 37.1 Å². The standard InChI is InChI=1S/C19H20N2O4/c1-24-15-9-8-14(12-16(15)25-2)21-18(23)19(10-11-19)17(22)20-13-6-4-3-5-7-13/h3-9,12H,10-11H2,1-2H3,(H,20,22)(H,21,23). The third-order valence-electron chi connectivity index (χ3n) is 4.29. The molecule has 0 heterocycles. The van der Waals surface area contributed by atoms with Crippen LogP contribution in [0, 0.1) is 5.41 Å². The highest BCUT2D eigenvalue weighted by Gasteiger charge is 2.56. The highest BCUT2D eigenvalue weighted by Crippen LogP contribution is 2.47. The Labute approximate surface area is 146 Å². The Bertz CT molecular complexity index is 785. The van der Waals surface area contributed by atoms with E-state index in [4.69, 9.17) is 9.47 Å². The Morgan fingerprint density at radius 2 is 1.44 bits per heavy atom. The van der Waals surface area contributed by atoms with Crippen molar-refractivity contribution in [3.8, 4) is 11.5 Å². The van der Waals surface area contributed by atoms with E-state index in [2.05, 4.69) is 10.6 Å². The first kappa shape index (κ1) is 16.8. The summed E-state index contributed by atoms with van der Waals surface area (Å²) in [5.41, 5.74) is 0.224. The van der Waals surface area contributed by atoms with Crippen LogP contribution >= 0.6 is 0 Å². The van der Waals surface area contributed by atoms with Gasteiger partial charge in [-0.2, -0.15) is 0 Å². The fourth-order valence-electron chi connectivity index (χ4n) is 2.62. The van der Waals surface area contributed by atoms with Crippen LogP contribution in [0.2, 0.25) is 0 Å². The van der Waals surface area contributed by atoms with E-state index in [-0.39, 0.29) is 11.8 Å². The predicted octanol–water partition coefficient (Wildman–Crippen LogP) is 3.06. The van der Waals surface area contributed by atoms with Gasteiger partial charge in [0, 0.05) is 17.4 Å². The van der Waals surface area contributed by atoms with Gasteiger partial charge in [-0.1, -0.05) is 18.2 Å². The number of para-hydroxylation sites is 1. The topological polar surface area (TPSA) is 76.7 Å². The number of benzene rings is 2. The van der Waals surface area contributed by atoms with Crippen molar-refractivity contribution >= 4 is 23.2 Å². The molecular weight excluding hydrogens is 320 g/mol. The van der Waals surface area contributed by atoms with E-state index in [9.17, 15) is 9.59 Å². The third kappa shape index (κ3) is 3.42. The number of hydrogen-bond donors (Lipinski definition) is 2. The summed E-state index contributed by atoms with van der Waals surface area (Å²) in [6.45, 7) is 0. The van der Waals surface area contributed by atoms with Gasteiger partial charge in [0.15, 0.2) is 11.5 Å². The number of rotatable bonds is 6. The van der Waals surface area contributed by atoms with Crippen LogP contribution in [0.25, 0.3) is 0 Å². The first-order chi connectivity index (χ1) is 12.1. The molecule has 1 fully saturated rings. The molecule has 0 aromatic heterocycles. The summed E-state index contributed by atoms with van der Waals surface area (Å²) >= 11 is 0. The maximum Gasteiger partial charge on any atom is 0.240 e. The molecule has 0 radical (unpaired) electrons. The van der Waals surface area contributed by atoms with E-state index in [1.54, 1.807) is 37.4 Å². The summed E-state index contributed by atoms with van der Waals surface area (Å²) in [6, 6.07) is 14.2. The number of methoxy groups -OCH3 is 2. The van der Waals surface area contributed by atoms with Crippen molar-refractivity contribution in [1.29, 1.82) is 0 Å². The average molecular weight is 340 g/mol. The Kier molecular flexibility index (Phi) is 4.61. The van der Waals surface area contributed by atoms with Gasteiger partial charge in [0.25, 0.3) is 0 Å². The van der Waals surface area contributed by atoms with Crippen molar-refractivity contribution in [2.75, 3.05) is 24.9 Å². The molecule has 0 unspecified atom stereocenters. The second kappa shape index (κ2) is 6.84. The zero-order chi connectivity index (χ0) is 17.9. The molecule has 0 aliphatic heterocycles.